The van der Waals surface area contributed by atoms with Crippen LogP contribution in [0, 0.1) is 0 Å². The van der Waals surface area contributed by atoms with Gasteiger partial charge in [0.1, 0.15) is 0 Å². The Balaban J connectivity index is 2.09. The molecular formula is C12H11F3N2O2. The summed E-state index contributed by atoms with van der Waals surface area (Å²) in [5, 5.41) is 5.04. The molecule has 1 heterocycles. The summed E-state index contributed by atoms with van der Waals surface area (Å²) in [5.41, 5.74) is -0.949. The van der Waals surface area contributed by atoms with Crippen LogP contribution in [-0.4, -0.2) is 24.4 Å². The van der Waals surface area contributed by atoms with Gasteiger partial charge in [0, 0.05) is 18.5 Å². The minimum Gasteiger partial charge on any atom is -0.354 e. The Morgan fingerprint density at radius 1 is 1.37 bits per heavy atom. The number of halogens is 3. The molecule has 0 bridgehead atoms. The lowest BCUT2D eigenvalue weighted by molar-refractivity contribution is -0.137. The highest BCUT2D eigenvalue weighted by atomic mass is 19.4. The summed E-state index contributed by atoms with van der Waals surface area (Å²) in [6, 6.07) is 3.79. The second-order valence-electron chi connectivity index (χ2n) is 4.26. The molecule has 1 aromatic carbocycles. The molecule has 4 nitrogen and oxygen atoms in total. The molecule has 1 aliphatic rings. The first-order valence-corrected chi connectivity index (χ1v) is 5.61. The number of carbonyl (C=O) groups is 2. The maximum atomic E-state index is 12.5. The van der Waals surface area contributed by atoms with Gasteiger partial charge < -0.3 is 10.6 Å². The van der Waals surface area contributed by atoms with Gasteiger partial charge in [-0.3, -0.25) is 9.59 Å². The highest BCUT2D eigenvalue weighted by Gasteiger charge is 2.31. The molecule has 7 heteroatoms. The Hall–Kier alpha value is -2.05. The van der Waals surface area contributed by atoms with Crippen LogP contribution in [0.4, 0.5) is 13.2 Å². The maximum absolute atomic E-state index is 12.5. The number of nitrogens with one attached hydrogen (secondary N) is 2. The summed E-state index contributed by atoms with van der Waals surface area (Å²) in [6.45, 7) is 0.295. The lowest BCUT2D eigenvalue weighted by Crippen LogP contribution is -2.36. The maximum Gasteiger partial charge on any atom is 0.416 e. The molecule has 19 heavy (non-hydrogen) atoms. The minimum atomic E-state index is -4.48. The van der Waals surface area contributed by atoms with Gasteiger partial charge in [0.15, 0.2) is 0 Å². The van der Waals surface area contributed by atoms with Crippen LogP contribution in [-0.2, 0) is 11.0 Å². The standard InChI is InChI=1S/C12H11F3N2O2/c13-12(14,15)8-3-1-2-7(4-8)11(19)17-9-5-10(18)16-6-9/h1-4,9H,5-6H2,(H,16,18)(H,17,19)/t9-/m1/s1. The summed E-state index contributed by atoms with van der Waals surface area (Å²) in [7, 11) is 0. The summed E-state index contributed by atoms with van der Waals surface area (Å²) in [4.78, 5) is 22.7. The highest BCUT2D eigenvalue weighted by Crippen LogP contribution is 2.29. The van der Waals surface area contributed by atoms with Gasteiger partial charge in [-0.15, -0.1) is 0 Å². The second-order valence-corrected chi connectivity index (χ2v) is 4.26. The third-order valence-electron chi connectivity index (χ3n) is 2.76. The third-order valence-corrected chi connectivity index (χ3v) is 2.76. The molecule has 0 spiro atoms. The fourth-order valence-corrected chi connectivity index (χ4v) is 1.81. The van der Waals surface area contributed by atoms with Crippen LogP contribution >= 0.6 is 0 Å². The number of rotatable bonds is 2. The Kier molecular flexibility index (Phi) is 3.46. The molecule has 102 valence electrons. The van der Waals surface area contributed by atoms with Crippen LogP contribution in [0.2, 0.25) is 0 Å². The number of amides is 2. The van der Waals surface area contributed by atoms with Crippen LogP contribution in [0.1, 0.15) is 22.3 Å². The van der Waals surface area contributed by atoms with E-state index in [4.69, 9.17) is 0 Å². The molecule has 2 rings (SSSR count). The van der Waals surface area contributed by atoms with Crippen molar-refractivity contribution in [1.29, 1.82) is 0 Å². The molecule has 0 saturated carbocycles. The van der Waals surface area contributed by atoms with Crippen molar-refractivity contribution in [2.24, 2.45) is 0 Å². The summed E-state index contributed by atoms with van der Waals surface area (Å²) >= 11 is 0. The van der Waals surface area contributed by atoms with Crippen LogP contribution < -0.4 is 10.6 Å². The van der Waals surface area contributed by atoms with E-state index in [9.17, 15) is 22.8 Å². The Morgan fingerprint density at radius 2 is 2.11 bits per heavy atom. The quantitative estimate of drug-likeness (QED) is 0.853. The lowest BCUT2D eigenvalue weighted by atomic mass is 10.1. The van der Waals surface area contributed by atoms with Gasteiger partial charge in [0.2, 0.25) is 5.91 Å². The van der Waals surface area contributed by atoms with Crippen LogP contribution in [0.5, 0.6) is 0 Å². The molecule has 1 aromatic rings. The first-order chi connectivity index (χ1) is 8.86. The van der Waals surface area contributed by atoms with Crippen molar-refractivity contribution in [3.05, 3.63) is 35.4 Å². The number of carbonyl (C=O) groups excluding carboxylic acids is 2. The predicted molar refractivity (Wildman–Crippen MR) is 60.3 cm³/mol. The Morgan fingerprint density at radius 3 is 2.68 bits per heavy atom. The smallest absolute Gasteiger partial charge is 0.354 e. The van der Waals surface area contributed by atoms with Gasteiger partial charge in [-0.1, -0.05) is 6.07 Å². The van der Waals surface area contributed by atoms with Gasteiger partial charge in [0.25, 0.3) is 5.91 Å². The van der Waals surface area contributed by atoms with Gasteiger partial charge in [0.05, 0.1) is 11.6 Å². The molecule has 1 saturated heterocycles. The van der Waals surface area contributed by atoms with Gasteiger partial charge in [-0.25, -0.2) is 0 Å². The van der Waals surface area contributed by atoms with Crippen molar-refractivity contribution in [2.45, 2.75) is 18.6 Å². The number of hydrogen-bond donors (Lipinski definition) is 2. The zero-order valence-electron chi connectivity index (χ0n) is 9.75. The predicted octanol–water partition coefficient (Wildman–Crippen LogP) is 1.32. The summed E-state index contributed by atoms with van der Waals surface area (Å²) in [5.74, 6) is -0.804. The van der Waals surface area contributed by atoms with Crippen LogP contribution in [0.15, 0.2) is 24.3 Å². The zero-order valence-corrected chi connectivity index (χ0v) is 9.75. The van der Waals surface area contributed by atoms with Crippen molar-refractivity contribution in [3.8, 4) is 0 Å². The van der Waals surface area contributed by atoms with E-state index in [-0.39, 0.29) is 23.9 Å². The Labute approximate surface area is 107 Å². The van der Waals surface area contributed by atoms with Crippen molar-refractivity contribution in [1.82, 2.24) is 10.6 Å². The second kappa shape index (κ2) is 4.91. The molecular weight excluding hydrogens is 261 g/mol. The number of alkyl halides is 3. The van der Waals surface area contributed by atoms with E-state index in [2.05, 4.69) is 10.6 Å². The van der Waals surface area contributed by atoms with E-state index in [1.54, 1.807) is 0 Å². The lowest BCUT2D eigenvalue weighted by Gasteiger charge is -2.12. The SMILES string of the molecule is O=C1C[C@@H](NC(=O)c2cccc(C(F)(F)F)c2)CN1. The van der Waals surface area contributed by atoms with Gasteiger partial charge in [-0.05, 0) is 18.2 Å². The fraction of sp³-hybridized carbons (Fsp3) is 0.333. The third kappa shape index (κ3) is 3.24. The van der Waals surface area contributed by atoms with Crippen molar-refractivity contribution < 1.29 is 22.8 Å². The molecule has 0 aliphatic carbocycles. The molecule has 0 radical (unpaired) electrons. The van der Waals surface area contributed by atoms with E-state index in [0.717, 1.165) is 12.1 Å². The first-order valence-electron chi connectivity index (χ1n) is 5.61. The van der Waals surface area contributed by atoms with Gasteiger partial charge in [-0.2, -0.15) is 13.2 Å². The molecule has 0 unspecified atom stereocenters. The average Bonchev–Trinajstić information content (AvgIpc) is 2.74. The van der Waals surface area contributed by atoms with Gasteiger partial charge >= 0.3 is 6.18 Å². The normalized spacial score (nSPS) is 19.1. The van der Waals surface area contributed by atoms with E-state index in [0.29, 0.717) is 6.54 Å². The molecule has 1 atom stereocenters. The first kappa shape index (κ1) is 13.4. The highest BCUT2D eigenvalue weighted by molar-refractivity contribution is 5.95. The molecule has 0 aromatic heterocycles. The zero-order chi connectivity index (χ0) is 14.0. The topological polar surface area (TPSA) is 58.2 Å². The molecule has 1 fully saturated rings. The average molecular weight is 272 g/mol. The van der Waals surface area contributed by atoms with E-state index < -0.39 is 17.6 Å². The van der Waals surface area contributed by atoms with E-state index >= 15 is 0 Å². The van der Waals surface area contributed by atoms with Crippen LogP contribution in [0.25, 0.3) is 0 Å². The minimum absolute atomic E-state index is 0.0748. The largest absolute Gasteiger partial charge is 0.416 e. The fourth-order valence-electron chi connectivity index (χ4n) is 1.81. The Bertz CT molecular complexity index is 514. The van der Waals surface area contributed by atoms with Crippen molar-refractivity contribution in [3.63, 3.8) is 0 Å². The van der Waals surface area contributed by atoms with E-state index in [1.165, 1.54) is 12.1 Å². The van der Waals surface area contributed by atoms with Crippen molar-refractivity contribution in [2.75, 3.05) is 6.54 Å². The van der Waals surface area contributed by atoms with Crippen LogP contribution in [0.3, 0.4) is 0 Å². The monoisotopic (exact) mass is 272 g/mol. The molecule has 2 N–H and O–H groups in total. The molecule has 2 amide bonds. The van der Waals surface area contributed by atoms with Crippen molar-refractivity contribution >= 4 is 11.8 Å². The van der Waals surface area contributed by atoms with E-state index in [1.807, 2.05) is 0 Å². The number of hydrogen-bond acceptors (Lipinski definition) is 2. The molecule has 1 aliphatic heterocycles. The summed E-state index contributed by atoms with van der Waals surface area (Å²) < 4.78 is 37.5. The number of benzene rings is 1. The summed E-state index contributed by atoms with van der Waals surface area (Å²) in [6.07, 6.45) is -4.34.